The van der Waals surface area contributed by atoms with Crippen LogP contribution in [0, 0.1) is 13.8 Å². The number of hydrogen-bond donors (Lipinski definition) is 1. The number of halogens is 1. The van der Waals surface area contributed by atoms with Gasteiger partial charge in [0.25, 0.3) is 0 Å². The number of nitrogens with zero attached hydrogens (tertiary/aromatic N) is 2. The molecule has 5 heteroatoms. The van der Waals surface area contributed by atoms with Crippen molar-refractivity contribution >= 4 is 5.82 Å². The van der Waals surface area contributed by atoms with Crippen molar-refractivity contribution in [2.75, 3.05) is 5.73 Å². The van der Waals surface area contributed by atoms with E-state index in [-0.39, 0.29) is 56.1 Å². The van der Waals surface area contributed by atoms with Crippen molar-refractivity contribution in [1.82, 2.24) is 9.97 Å². The molecule has 56 valence electrons. The smallest absolute Gasteiger partial charge is 1.00 e. The van der Waals surface area contributed by atoms with Gasteiger partial charge >= 0.3 is 51.4 Å². The van der Waals surface area contributed by atoms with Crippen LogP contribution in [0.15, 0.2) is 6.20 Å². The molecule has 0 aromatic carbocycles. The van der Waals surface area contributed by atoms with E-state index >= 15 is 0 Å². The Labute approximate surface area is 108 Å². The summed E-state index contributed by atoms with van der Waals surface area (Å²) >= 11 is 0. The van der Waals surface area contributed by atoms with E-state index in [0.29, 0.717) is 5.82 Å². The molecule has 0 saturated heterocycles. The maximum atomic E-state index is 5.42. The van der Waals surface area contributed by atoms with Gasteiger partial charge in [0.1, 0.15) is 5.82 Å². The Morgan fingerprint density at radius 1 is 1.36 bits per heavy atom. The summed E-state index contributed by atoms with van der Waals surface area (Å²) in [7, 11) is 0. The molecule has 11 heavy (non-hydrogen) atoms. The predicted molar refractivity (Wildman–Crippen MR) is 35.9 cm³/mol. The van der Waals surface area contributed by atoms with Crippen LogP contribution >= 0.6 is 0 Å². The first kappa shape index (κ1) is 14.0. The van der Waals surface area contributed by atoms with Gasteiger partial charge in [-0.15, -0.1) is 0 Å². The fraction of sp³-hybridized carbons (Fsp3) is 0.333. The van der Waals surface area contributed by atoms with E-state index in [1.807, 2.05) is 13.8 Å². The Morgan fingerprint density at radius 3 is 2.27 bits per heavy atom. The summed E-state index contributed by atoms with van der Waals surface area (Å²) in [4.78, 5) is 7.98. The summed E-state index contributed by atoms with van der Waals surface area (Å²) < 4.78 is 0. The molecule has 1 rings (SSSR count). The van der Waals surface area contributed by atoms with Gasteiger partial charge in [0, 0.05) is 0 Å². The van der Waals surface area contributed by atoms with E-state index in [9.17, 15) is 0 Å². The van der Waals surface area contributed by atoms with Crippen LogP contribution in [0.4, 0.5) is 5.82 Å². The Kier molecular flexibility index (Phi) is 7.66. The Morgan fingerprint density at radius 2 is 1.91 bits per heavy atom. The fourth-order valence-electron chi connectivity index (χ4n) is 0.607. The van der Waals surface area contributed by atoms with Gasteiger partial charge in [0.15, 0.2) is 0 Å². The summed E-state index contributed by atoms with van der Waals surface area (Å²) in [6.45, 7) is 3.73. The molecular formula is C6H9FKN3. The minimum Gasteiger partial charge on any atom is -1.00 e. The maximum absolute atomic E-state index is 5.42. The van der Waals surface area contributed by atoms with Crippen molar-refractivity contribution in [2.45, 2.75) is 13.8 Å². The third-order valence-corrected chi connectivity index (χ3v) is 1.11. The van der Waals surface area contributed by atoms with Crippen molar-refractivity contribution in [1.29, 1.82) is 0 Å². The molecule has 0 atom stereocenters. The third-order valence-electron chi connectivity index (χ3n) is 1.11. The molecule has 0 aliphatic rings. The Balaban J connectivity index is 0. The van der Waals surface area contributed by atoms with Crippen LogP contribution in [0.5, 0.6) is 0 Å². The summed E-state index contributed by atoms with van der Waals surface area (Å²) in [6, 6.07) is 0. The van der Waals surface area contributed by atoms with Crippen LogP contribution in [-0.4, -0.2) is 9.97 Å². The van der Waals surface area contributed by atoms with Gasteiger partial charge in [-0.3, -0.25) is 4.98 Å². The number of nitrogens with two attached hydrogens (primary N) is 1. The van der Waals surface area contributed by atoms with Gasteiger partial charge in [0.2, 0.25) is 0 Å². The summed E-state index contributed by atoms with van der Waals surface area (Å²) in [5.74, 6) is 0.514. The first-order chi connectivity index (χ1) is 4.20. The number of rotatable bonds is 0. The molecule has 0 aliphatic carbocycles. The molecule has 1 aromatic heterocycles. The quantitative estimate of drug-likeness (QED) is 0.407. The van der Waals surface area contributed by atoms with Crippen LogP contribution < -0.4 is 61.8 Å². The minimum atomic E-state index is 0. The molecule has 0 amide bonds. The number of aryl methyl sites for hydroxylation is 2. The van der Waals surface area contributed by atoms with E-state index in [1.54, 1.807) is 6.20 Å². The van der Waals surface area contributed by atoms with E-state index in [4.69, 9.17) is 5.73 Å². The van der Waals surface area contributed by atoms with Crippen molar-refractivity contribution in [3.8, 4) is 0 Å². The molecule has 2 N–H and O–H groups in total. The summed E-state index contributed by atoms with van der Waals surface area (Å²) in [5.41, 5.74) is 7.12. The van der Waals surface area contributed by atoms with E-state index in [0.717, 1.165) is 11.4 Å². The number of hydrogen-bond acceptors (Lipinski definition) is 3. The molecule has 0 saturated carbocycles. The second-order valence-electron chi connectivity index (χ2n) is 1.98. The average molecular weight is 181 g/mol. The maximum Gasteiger partial charge on any atom is 1.00 e. The van der Waals surface area contributed by atoms with Crippen molar-refractivity contribution in [3.05, 3.63) is 17.6 Å². The van der Waals surface area contributed by atoms with Crippen LogP contribution in [0.3, 0.4) is 0 Å². The molecule has 0 fully saturated rings. The van der Waals surface area contributed by atoms with Crippen molar-refractivity contribution in [2.24, 2.45) is 0 Å². The Bertz CT molecular complexity index is 229. The molecule has 3 nitrogen and oxygen atoms in total. The zero-order valence-corrected chi connectivity index (χ0v) is 10.1. The summed E-state index contributed by atoms with van der Waals surface area (Å²) in [5, 5.41) is 0. The fourth-order valence-corrected chi connectivity index (χ4v) is 0.607. The minimum absolute atomic E-state index is 0. The van der Waals surface area contributed by atoms with Gasteiger partial charge in [-0.2, -0.15) is 0 Å². The molecule has 0 aliphatic heterocycles. The van der Waals surface area contributed by atoms with Gasteiger partial charge < -0.3 is 10.4 Å². The van der Waals surface area contributed by atoms with E-state index in [1.165, 1.54) is 0 Å². The van der Waals surface area contributed by atoms with Crippen LogP contribution in [-0.2, 0) is 0 Å². The van der Waals surface area contributed by atoms with Crippen LogP contribution in [0.1, 0.15) is 11.4 Å². The number of anilines is 1. The topological polar surface area (TPSA) is 51.8 Å². The number of aromatic nitrogens is 2. The molecule has 0 spiro atoms. The zero-order valence-electron chi connectivity index (χ0n) is 6.93. The molecule has 0 unspecified atom stereocenters. The second-order valence-corrected chi connectivity index (χ2v) is 1.98. The molecule has 1 heterocycles. The average Bonchev–Trinajstić information content (AvgIpc) is 1.80. The van der Waals surface area contributed by atoms with Crippen molar-refractivity contribution < 1.29 is 56.1 Å². The largest absolute Gasteiger partial charge is 1.00 e. The number of nitrogen functional groups attached to an aromatic ring is 1. The van der Waals surface area contributed by atoms with Gasteiger partial charge in [-0.25, -0.2) is 4.98 Å². The summed E-state index contributed by atoms with van der Waals surface area (Å²) in [6.07, 6.45) is 1.66. The SMILES string of the molecule is Cc1cnc(N)c(C)n1.[F-].[K+]. The van der Waals surface area contributed by atoms with Crippen molar-refractivity contribution in [3.63, 3.8) is 0 Å². The van der Waals surface area contributed by atoms with Crippen LogP contribution in [0.2, 0.25) is 0 Å². The van der Waals surface area contributed by atoms with Crippen LogP contribution in [0.25, 0.3) is 0 Å². The normalized spacial score (nSPS) is 7.82. The third kappa shape index (κ3) is 4.12. The molecular weight excluding hydrogens is 172 g/mol. The first-order valence-corrected chi connectivity index (χ1v) is 2.76. The molecule has 1 aromatic rings. The van der Waals surface area contributed by atoms with Gasteiger partial charge in [-0.1, -0.05) is 0 Å². The monoisotopic (exact) mass is 181 g/mol. The van der Waals surface area contributed by atoms with E-state index in [2.05, 4.69) is 9.97 Å². The Hall–Kier alpha value is 0.446. The predicted octanol–water partition coefficient (Wildman–Crippen LogP) is -5.32. The van der Waals surface area contributed by atoms with E-state index < -0.39 is 0 Å². The van der Waals surface area contributed by atoms with Gasteiger partial charge in [0.05, 0.1) is 17.6 Å². The standard InChI is InChI=1S/C6H9N3.FH.K/c1-4-3-8-6(7)5(2)9-4;;/h3H,1-2H3,(H2,7,8);1H;/q;;+1/p-1. The second kappa shape index (κ2) is 6.02. The zero-order chi connectivity index (χ0) is 6.85. The first-order valence-electron chi connectivity index (χ1n) is 2.76. The molecule has 0 bridgehead atoms. The molecule has 0 radical (unpaired) electrons. The van der Waals surface area contributed by atoms with Gasteiger partial charge in [-0.05, 0) is 13.8 Å².